The molecular formula is C10H7ClO2. The van der Waals surface area contributed by atoms with Gasteiger partial charge in [-0.15, -0.1) is 0 Å². The minimum absolute atomic E-state index is 0.200. The Morgan fingerprint density at radius 2 is 2.23 bits per heavy atom. The Kier molecular flexibility index (Phi) is 1.85. The third kappa shape index (κ3) is 1.33. The van der Waals surface area contributed by atoms with Gasteiger partial charge >= 0.3 is 0 Å². The van der Waals surface area contributed by atoms with E-state index < -0.39 is 5.24 Å². The van der Waals surface area contributed by atoms with Crippen molar-refractivity contribution in [3.05, 3.63) is 35.6 Å². The monoisotopic (exact) mass is 194 g/mol. The number of fused-ring (bicyclic) bond motifs is 1. The Hall–Kier alpha value is -1.28. The van der Waals surface area contributed by atoms with Crippen LogP contribution in [0.25, 0.3) is 11.0 Å². The molecule has 0 amide bonds. The average molecular weight is 195 g/mol. The van der Waals surface area contributed by atoms with Crippen molar-refractivity contribution in [1.82, 2.24) is 0 Å². The topological polar surface area (TPSA) is 30.2 Å². The highest BCUT2D eigenvalue weighted by Crippen LogP contribution is 2.23. The third-order valence-electron chi connectivity index (χ3n) is 1.93. The Morgan fingerprint density at radius 3 is 2.85 bits per heavy atom. The molecule has 2 rings (SSSR count). The number of aryl methyl sites for hydroxylation is 1. The van der Waals surface area contributed by atoms with Crippen LogP contribution in [-0.4, -0.2) is 5.24 Å². The van der Waals surface area contributed by atoms with Gasteiger partial charge in [-0.3, -0.25) is 4.79 Å². The predicted octanol–water partition coefficient (Wildman–Crippen LogP) is 3.12. The number of carbonyl (C=O) groups is 1. The third-order valence-corrected chi connectivity index (χ3v) is 2.12. The van der Waals surface area contributed by atoms with Crippen molar-refractivity contribution >= 4 is 27.8 Å². The van der Waals surface area contributed by atoms with E-state index in [-0.39, 0.29) is 5.76 Å². The van der Waals surface area contributed by atoms with Crippen molar-refractivity contribution in [2.24, 2.45) is 0 Å². The van der Waals surface area contributed by atoms with Crippen LogP contribution >= 0.6 is 11.6 Å². The molecule has 66 valence electrons. The predicted molar refractivity (Wildman–Crippen MR) is 51.1 cm³/mol. The number of hydrogen-bond acceptors (Lipinski definition) is 2. The lowest BCUT2D eigenvalue weighted by Gasteiger charge is -1.91. The molecule has 0 spiro atoms. The molecule has 0 N–H and O–H groups in total. The van der Waals surface area contributed by atoms with Crippen molar-refractivity contribution in [2.75, 3.05) is 0 Å². The van der Waals surface area contributed by atoms with Crippen molar-refractivity contribution in [3.63, 3.8) is 0 Å². The number of benzene rings is 1. The van der Waals surface area contributed by atoms with E-state index in [0.717, 1.165) is 16.5 Å². The molecule has 1 heterocycles. The highest BCUT2D eigenvalue weighted by Gasteiger charge is 2.09. The summed E-state index contributed by atoms with van der Waals surface area (Å²) < 4.78 is 5.28. The summed E-state index contributed by atoms with van der Waals surface area (Å²) in [6, 6.07) is 7.37. The van der Waals surface area contributed by atoms with Gasteiger partial charge in [0.05, 0.1) is 0 Å². The van der Waals surface area contributed by atoms with Crippen LogP contribution in [0.4, 0.5) is 0 Å². The van der Waals surface area contributed by atoms with Crippen molar-refractivity contribution in [1.29, 1.82) is 0 Å². The average Bonchev–Trinajstić information content (AvgIpc) is 2.49. The van der Waals surface area contributed by atoms with Crippen LogP contribution in [0.1, 0.15) is 16.1 Å². The van der Waals surface area contributed by atoms with E-state index in [1.165, 1.54) is 0 Å². The summed E-state index contributed by atoms with van der Waals surface area (Å²) in [5.41, 5.74) is 1.73. The molecule has 0 aliphatic carbocycles. The smallest absolute Gasteiger partial charge is 0.287 e. The lowest BCUT2D eigenvalue weighted by Crippen LogP contribution is -1.81. The summed E-state index contributed by atoms with van der Waals surface area (Å²) in [4.78, 5) is 10.8. The van der Waals surface area contributed by atoms with E-state index in [2.05, 4.69) is 0 Å². The van der Waals surface area contributed by atoms with Gasteiger partial charge in [-0.25, -0.2) is 0 Å². The van der Waals surface area contributed by atoms with Crippen molar-refractivity contribution < 1.29 is 9.21 Å². The standard InChI is InChI=1S/C10H7ClO2/c1-6-3-2-4-7-5-8(10(11)12)13-9(6)7/h2-5H,1H3. The molecule has 0 fully saturated rings. The zero-order valence-electron chi connectivity index (χ0n) is 7.00. The maximum atomic E-state index is 10.8. The molecular weight excluding hydrogens is 188 g/mol. The summed E-state index contributed by atoms with van der Waals surface area (Å²) in [6.45, 7) is 1.92. The fraction of sp³-hybridized carbons (Fsp3) is 0.100. The van der Waals surface area contributed by atoms with Gasteiger partial charge < -0.3 is 4.42 Å². The van der Waals surface area contributed by atoms with E-state index in [4.69, 9.17) is 16.0 Å². The lowest BCUT2D eigenvalue weighted by molar-refractivity contribution is 0.105. The van der Waals surface area contributed by atoms with Crippen LogP contribution in [0.5, 0.6) is 0 Å². The molecule has 0 radical (unpaired) electrons. The number of rotatable bonds is 1. The Balaban J connectivity index is 2.75. The summed E-state index contributed by atoms with van der Waals surface area (Å²) in [6.07, 6.45) is 0. The zero-order chi connectivity index (χ0) is 9.42. The SMILES string of the molecule is Cc1cccc2cc(C(=O)Cl)oc12. The molecule has 1 aromatic carbocycles. The Bertz CT molecular complexity index is 471. The second-order valence-corrected chi connectivity index (χ2v) is 3.22. The van der Waals surface area contributed by atoms with Crippen molar-refractivity contribution in [2.45, 2.75) is 6.92 Å². The number of halogens is 1. The first-order valence-electron chi connectivity index (χ1n) is 3.87. The maximum Gasteiger partial charge on any atom is 0.287 e. The van der Waals surface area contributed by atoms with E-state index >= 15 is 0 Å². The van der Waals surface area contributed by atoms with Crippen LogP contribution in [0.15, 0.2) is 28.7 Å². The Labute approximate surface area is 80.1 Å². The number of hydrogen-bond donors (Lipinski definition) is 0. The number of para-hydroxylation sites is 1. The van der Waals surface area contributed by atoms with Gasteiger partial charge in [0.2, 0.25) is 0 Å². The van der Waals surface area contributed by atoms with Crippen LogP contribution in [0.2, 0.25) is 0 Å². The molecule has 0 saturated heterocycles. The minimum Gasteiger partial charge on any atom is -0.451 e. The molecule has 0 aliphatic heterocycles. The molecule has 0 unspecified atom stereocenters. The highest BCUT2D eigenvalue weighted by molar-refractivity contribution is 6.67. The second kappa shape index (κ2) is 2.89. The molecule has 13 heavy (non-hydrogen) atoms. The Morgan fingerprint density at radius 1 is 1.46 bits per heavy atom. The first kappa shape index (κ1) is 8.32. The van der Waals surface area contributed by atoms with Gasteiger partial charge in [0.15, 0.2) is 5.76 Å². The molecule has 2 nitrogen and oxygen atoms in total. The fourth-order valence-electron chi connectivity index (χ4n) is 1.31. The maximum absolute atomic E-state index is 10.8. The molecule has 0 saturated carbocycles. The van der Waals surface area contributed by atoms with E-state index in [1.54, 1.807) is 6.07 Å². The van der Waals surface area contributed by atoms with Gasteiger partial charge in [-0.1, -0.05) is 18.2 Å². The highest BCUT2D eigenvalue weighted by atomic mass is 35.5. The molecule has 3 heteroatoms. The fourth-order valence-corrected chi connectivity index (χ4v) is 1.40. The number of carbonyl (C=O) groups excluding carboxylic acids is 1. The quantitative estimate of drug-likeness (QED) is 0.653. The van der Waals surface area contributed by atoms with Crippen LogP contribution in [0, 0.1) is 6.92 Å². The second-order valence-electron chi connectivity index (χ2n) is 2.88. The summed E-state index contributed by atoms with van der Waals surface area (Å²) in [7, 11) is 0. The molecule has 0 aliphatic rings. The van der Waals surface area contributed by atoms with Gasteiger partial charge in [0, 0.05) is 5.39 Å². The van der Waals surface area contributed by atoms with Gasteiger partial charge in [0.1, 0.15) is 5.58 Å². The molecule has 0 atom stereocenters. The zero-order valence-corrected chi connectivity index (χ0v) is 7.76. The first-order valence-corrected chi connectivity index (χ1v) is 4.25. The largest absolute Gasteiger partial charge is 0.451 e. The lowest BCUT2D eigenvalue weighted by atomic mass is 10.2. The molecule has 0 bridgehead atoms. The van der Waals surface area contributed by atoms with E-state index in [1.807, 2.05) is 25.1 Å². The van der Waals surface area contributed by atoms with Gasteiger partial charge in [-0.05, 0) is 30.2 Å². The molecule has 1 aromatic heterocycles. The normalized spacial score (nSPS) is 10.6. The number of furan rings is 1. The molecule has 2 aromatic rings. The minimum atomic E-state index is -0.560. The van der Waals surface area contributed by atoms with Crippen molar-refractivity contribution in [3.8, 4) is 0 Å². The van der Waals surface area contributed by atoms with Crippen LogP contribution < -0.4 is 0 Å². The van der Waals surface area contributed by atoms with Crippen LogP contribution in [0.3, 0.4) is 0 Å². The van der Waals surface area contributed by atoms with E-state index in [9.17, 15) is 4.79 Å². The van der Waals surface area contributed by atoms with E-state index in [0.29, 0.717) is 0 Å². The summed E-state index contributed by atoms with van der Waals surface area (Å²) in [5.74, 6) is 0.200. The van der Waals surface area contributed by atoms with Crippen LogP contribution in [-0.2, 0) is 0 Å². The van der Waals surface area contributed by atoms with Gasteiger partial charge in [-0.2, -0.15) is 0 Å². The first-order chi connectivity index (χ1) is 6.18. The van der Waals surface area contributed by atoms with Gasteiger partial charge in [0.25, 0.3) is 5.24 Å². The summed E-state index contributed by atoms with van der Waals surface area (Å²) in [5, 5.41) is 0.347. The summed E-state index contributed by atoms with van der Waals surface area (Å²) >= 11 is 5.29.